The van der Waals surface area contributed by atoms with Crippen molar-refractivity contribution in [3.63, 3.8) is 0 Å². The van der Waals surface area contributed by atoms with E-state index >= 15 is 0 Å². The lowest BCUT2D eigenvalue weighted by atomic mass is 10.1. The number of terminal acetylenes is 1. The number of carbonyl (C=O) groups excluding carboxylic acids is 1. The summed E-state index contributed by atoms with van der Waals surface area (Å²) in [7, 11) is 2.97. The molecule has 5 nitrogen and oxygen atoms in total. The van der Waals surface area contributed by atoms with Gasteiger partial charge in [0.05, 0.1) is 19.9 Å². The number of anilines is 2. The molecule has 2 rings (SSSR count). The van der Waals surface area contributed by atoms with Crippen LogP contribution in [0, 0.1) is 12.3 Å². The van der Waals surface area contributed by atoms with Gasteiger partial charge in [-0.15, -0.1) is 6.42 Å². The van der Waals surface area contributed by atoms with Crippen LogP contribution >= 0.6 is 0 Å². The minimum absolute atomic E-state index is 0.134. The molecule has 0 radical (unpaired) electrons. The van der Waals surface area contributed by atoms with Crippen LogP contribution < -0.4 is 10.6 Å². The number of fused-ring (bicyclic) bond motifs is 1. The van der Waals surface area contributed by atoms with Crippen LogP contribution in [0.5, 0.6) is 0 Å². The van der Waals surface area contributed by atoms with Crippen LogP contribution in [0.1, 0.15) is 12.0 Å². The summed E-state index contributed by atoms with van der Waals surface area (Å²) in [5, 5.41) is 6.06. The molecule has 0 saturated heterocycles. The molecule has 1 amide bonds. The number of carbonyl (C=O) groups is 1. The Balaban J connectivity index is 2.09. The second-order valence-electron chi connectivity index (χ2n) is 5.17. The summed E-state index contributed by atoms with van der Waals surface area (Å²) in [6, 6.07) is 5.64. The maximum Gasteiger partial charge on any atom is 0.228 e. The zero-order valence-corrected chi connectivity index (χ0v) is 14.3. The molecule has 25 heavy (non-hydrogen) atoms. The molecule has 1 heterocycles. The van der Waals surface area contributed by atoms with Crippen molar-refractivity contribution < 1.29 is 14.3 Å². The van der Waals surface area contributed by atoms with E-state index in [0.29, 0.717) is 11.5 Å². The first-order valence-electron chi connectivity index (χ1n) is 7.60. The summed E-state index contributed by atoms with van der Waals surface area (Å²) in [5.41, 5.74) is 3.34. The SMILES string of the molecule is C#C/C(=C\C(=C/CC(=O)Nc1cccc2c1C=CC(=C)N2)OC)OC. The lowest BCUT2D eigenvalue weighted by molar-refractivity contribution is -0.115. The van der Waals surface area contributed by atoms with Gasteiger partial charge in [-0.2, -0.15) is 0 Å². The monoisotopic (exact) mass is 336 g/mol. The minimum atomic E-state index is -0.172. The molecule has 0 atom stereocenters. The smallest absolute Gasteiger partial charge is 0.228 e. The highest BCUT2D eigenvalue weighted by molar-refractivity contribution is 5.96. The van der Waals surface area contributed by atoms with Crippen molar-refractivity contribution in [2.45, 2.75) is 6.42 Å². The molecular formula is C20H20N2O3. The van der Waals surface area contributed by atoms with E-state index in [2.05, 4.69) is 23.1 Å². The van der Waals surface area contributed by atoms with E-state index < -0.39 is 0 Å². The molecule has 0 fully saturated rings. The van der Waals surface area contributed by atoms with Crippen molar-refractivity contribution in [2.24, 2.45) is 0 Å². The van der Waals surface area contributed by atoms with Gasteiger partial charge in [0.15, 0.2) is 5.76 Å². The van der Waals surface area contributed by atoms with Gasteiger partial charge in [0, 0.05) is 29.4 Å². The Morgan fingerprint density at radius 2 is 2.16 bits per heavy atom. The number of allylic oxidation sites excluding steroid dienone is 3. The van der Waals surface area contributed by atoms with Gasteiger partial charge < -0.3 is 20.1 Å². The Morgan fingerprint density at radius 3 is 2.84 bits per heavy atom. The van der Waals surface area contributed by atoms with Gasteiger partial charge in [-0.25, -0.2) is 0 Å². The number of rotatable bonds is 6. The molecule has 0 spiro atoms. The standard InChI is InChI=1S/C20H20N2O3/c1-5-15(24-3)13-16(25-4)10-12-20(23)22-19-8-6-7-18-17(19)11-9-14(2)21-18/h1,6-11,13,21H,2,12H2,3-4H3,(H,22,23)/b15-13+,16-10+. The van der Waals surface area contributed by atoms with Crippen LogP contribution in [0.2, 0.25) is 0 Å². The number of nitrogens with one attached hydrogen (secondary N) is 2. The molecule has 2 N–H and O–H groups in total. The number of methoxy groups -OCH3 is 2. The van der Waals surface area contributed by atoms with E-state index in [0.717, 1.165) is 22.6 Å². The number of benzene rings is 1. The minimum Gasteiger partial charge on any atom is -0.497 e. The average molecular weight is 336 g/mol. The second-order valence-corrected chi connectivity index (χ2v) is 5.17. The quantitative estimate of drug-likeness (QED) is 0.473. The third-order valence-corrected chi connectivity index (χ3v) is 3.49. The predicted molar refractivity (Wildman–Crippen MR) is 101 cm³/mol. The summed E-state index contributed by atoms with van der Waals surface area (Å²) < 4.78 is 10.2. The van der Waals surface area contributed by atoms with Crippen molar-refractivity contribution in [1.82, 2.24) is 0 Å². The van der Waals surface area contributed by atoms with Crippen molar-refractivity contribution in [1.29, 1.82) is 0 Å². The first-order valence-corrected chi connectivity index (χ1v) is 7.60. The molecule has 5 heteroatoms. The first kappa shape index (κ1) is 18.0. The Morgan fingerprint density at radius 1 is 1.36 bits per heavy atom. The van der Waals surface area contributed by atoms with Gasteiger partial charge in [0.25, 0.3) is 0 Å². The second kappa shape index (κ2) is 8.46. The highest BCUT2D eigenvalue weighted by Crippen LogP contribution is 2.30. The lowest BCUT2D eigenvalue weighted by Crippen LogP contribution is -2.13. The van der Waals surface area contributed by atoms with Crippen molar-refractivity contribution in [3.05, 3.63) is 65.8 Å². The van der Waals surface area contributed by atoms with Crippen LogP contribution in [0.4, 0.5) is 11.4 Å². The molecule has 0 aliphatic carbocycles. The van der Waals surface area contributed by atoms with Crippen LogP contribution in [-0.2, 0) is 14.3 Å². The van der Waals surface area contributed by atoms with E-state index in [4.69, 9.17) is 15.9 Å². The molecule has 0 aromatic heterocycles. The number of ether oxygens (including phenoxy) is 2. The van der Waals surface area contributed by atoms with Gasteiger partial charge in [0.2, 0.25) is 5.91 Å². The van der Waals surface area contributed by atoms with Crippen molar-refractivity contribution in [2.75, 3.05) is 24.9 Å². The fraction of sp³-hybridized carbons (Fsp3) is 0.150. The number of hydrogen-bond donors (Lipinski definition) is 2. The molecular weight excluding hydrogens is 316 g/mol. The average Bonchev–Trinajstić information content (AvgIpc) is 2.62. The Kier molecular flexibility index (Phi) is 6.08. The van der Waals surface area contributed by atoms with E-state index in [1.54, 1.807) is 12.2 Å². The van der Waals surface area contributed by atoms with Crippen LogP contribution in [0.15, 0.2) is 60.2 Å². The van der Waals surface area contributed by atoms with Crippen LogP contribution in [-0.4, -0.2) is 20.1 Å². The zero-order chi connectivity index (χ0) is 18.2. The summed E-state index contributed by atoms with van der Waals surface area (Å²) in [4.78, 5) is 12.2. The van der Waals surface area contributed by atoms with Crippen LogP contribution in [0.3, 0.4) is 0 Å². The molecule has 0 unspecified atom stereocenters. The van der Waals surface area contributed by atoms with E-state index in [1.807, 2.05) is 30.4 Å². The molecule has 1 aliphatic heterocycles. The Bertz CT molecular complexity index is 811. The first-order chi connectivity index (χ1) is 12.1. The fourth-order valence-corrected chi connectivity index (χ4v) is 2.25. The normalized spacial score (nSPS) is 13.4. The predicted octanol–water partition coefficient (Wildman–Crippen LogP) is 3.66. The van der Waals surface area contributed by atoms with E-state index in [1.165, 1.54) is 14.2 Å². The summed E-state index contributed by atoms with van der Waals surface area (Å²) in [5.74, 6) is 2.98. The molecule has 0 bridgehead atoms. The zero-order valence-electron chi connectivity index (χ0n) is 14.3. The summed E-state index contributed by atoms with van der Waals surface area (Å²) in [6.45, 7) is 3.86. The molecule has 1 aliphatic rings. The van der Waals surface area contributed by atoms with Crippen molar-refractivity contribution >= 4 is 23.4 Å². The molecule has 1 aromatic rings. The summed E-state index contributed by atoms with van der Waals surface area (Å²) in [6.07, 6.45) is 12.4. The third kappa shape index (κ3) is 4.79. The van der Waals surface area contributed by atoms with E-state index in [9.17, 15) is 4.79 Å². The Hall–Kier alpha value is -3.39. The largest absolute Gasteiger partial charge is 0.497 e. The van der Waals surface area contributed by atoms with E-state index in [-0.39, 0.29) is 12.3 Å². The Labute approximate surface area is 147 Å². The maximum absolute atomic E-state index is 12.2. The van der Waals surface area contributed by atoms with Crippen LogP contribution in [0.25, 0.3) is 6.08 Å². The number of amides is 1. The van der Waals surface area contributed by atoms with Gasteiger partial charge >= 0.3 is 0 Å². The highest BCUT2D eigenvalue weighted by atomic mass is 16.5. The molecule has 1 aromatic carbocycles. The molecule has 128 valence electrons. The third-order valence-electron chi connectivity index (χ3n) is 3.49. The van der Waals surface area contributed by atoms with Crippen molar-refractivity contribution in [3.8, 4) is 12.3 Å². The van der Waals surface area contributed by atoms with Gasteiger partial charge in [-0.3, -0.25) is 4.79 Å². The summed E-state index contributed by atoms with van der Waals surface area (Å²) >= 11 is 0. The lowest BCUT2D eigenvalue weighted by Gasteiger charge is -2.18. The van der Waals surface area contributed by atoms with Gasteiger partial charge in [-0.1, -0.05) is 12.6 Å². The maximum atomic E-state index is 12.2. The highest BCUT2D eigenvalue weighted by Gasteiger charge is 2.12. The number of hydrogen-bond acceptors (Lipinski definition) is 4. The topological polar surface area (TPSA) is 59.6 Å². The van der Waals surface area contributed by atoms with Gasteiger partial charge in [0.1, 0.15) is 5.76 Å². The fourth-order valence-electron chi connectivity index (χ4n) is 2.25. The van der Waals surface area contributed by atoms with Gasteiger partial charge in [-0.05, 0) is 36.3 Å². The molecule has 0 saturated carbocycles.